The van der Waals surface area contributed by atoms with Gasteiger partial charge >= 0.3 is 0 Å². The van der Waals surface area contributed by atoms with Crippen LogP contribution in [0.1, 0.15) is 25.8 Å². The van der Waals surface area contributed by atoms with E-state index in [9.17, 15) is 0 Å². The van der Waals surface area contributed by atoms with Crippen molar-refractivity contribution in [1.29, 1.82) is 0 Å². The maximum absolute atomic E-state index is 5.37. The van der Waals surface area contributed by atoms with E-state index in [-0.39, 0.29) is 0 Å². The van der Waals surface area contributed by atoms with Gasteiger partial charge in [-0.05, 0) is 23.6 Å². The zero-order valence-electron chi connectivity index (χ0n) is 12.2. The van der Waals surface area contributed by atoms with E-state index in [1.807, 2.05) is 0 Å². The maximum Gasteiger partial charge on any atom is 0.0594 e. The van der Waals surface area contributed by atoms with Crippen molar-refractivity contribution in [2.24, 2.45) is 5.92 Å². The third-order valence-corrected chi connectivity index (χ3v) is 3.82. The van der Waals surface area contributed by atoms with E-state index < -0.39 is 0 Å². The lowest BCUT2D eigenvalue weighted by molar-refractivity contribution is 0.0342. The average molecular weight is 262 g/mol. The van der Waals surface area contributed by atoms with Crippen LogP contribution in [0, 0.1) is 5.92 Å². The van der Waals surface area contributed by atoms with Gasteiger partial charge in [0.2, 0.25) is 0 Å². The molecule has 106 valence electrons. The van der Waals surface area contributed by atoms with E-state index in [0.29, 0.717) is 0 Å². The Bertz CT molecular complexity index is 358. The minimum absolute atomic E-state index is 0.730. The molecule has 2 rings (SSSR count). The van der Waals surface area contributed by atoms with Crippen molar-refractivity contribution >= 4 is 5.69 Å². The minimum Gasteiger partial charge on any atom is -0.385 e. The lowest BCUT2D eigenvalue weighted by Gasteiger charge is -2.26. The number of morpholine rings is 1. The van der Waals surface area contributed by atoms with Gasteiger partial charge < -0.3 is 10.1 Å². The summed E-state index contributed by atoms with van der Waals surface area (Å²) in [7, 11) is 0. The summed E-state index contributed by atoms with van der Waals surface area (Å²) in [5, 5.41) is 3.49. The maximum atomic E-state index is 5.37. The van der Waals surface area contributed by atoms with E-state index in [2.05, 4.69) is 48.3 Å². The van der Waals surface area contributed by atoms with Crippen LogP contribution < -0.4 is 5.32 Å². The van der Waals surface area contributed by atoms with Crippen LogP contribution >= 0.6 is 0 Å². The molecule has 0 spiro atoms. The molecule has 1 aliphatic rings. The molecule has 1 aromatic rings. The van der Waals surface area contributed by atoms with Crippen molar-refractivity contribution in [1.82, 2.24) is 4.90 Å². The predicted octanol–water partition coefficient (Wildman–Crippen LogP) is 2.98. The van der Waals surface area contributed by atoms with Crippen LogP contribution in [0.4, 0.5) is 5.69 Å². The Morgan fingerprint density at radius 1 is 1.21 bits per heavy atom. The fourth-order valence-electron chi connectivity index (χ4n) is 2.18. The Morgan fingerprint density at radius 3 is 2.53 bits per heavy atom. The van der Waals surface area contributed by atoms with E-state index in [1.54, 1.807) is 0 Å². The van der Waals surface area contributed by atoms with Gasteiger partial charge in [-0.1, -0.05) is 32.4 Å². The van der Waals surface area contributed by atoms with Crippen molar-refractivity contribution < 1.29 is 4.74 Å². The van der Waals surface area contributed by atoms with E-state index in [1.165, 1.54) is 17.7 Å². The second kappa shape index (κ2) is 7.51. The van der Waals surface area contributed by atoms with Gasteiger partial charge in [0.05, 0.1) is 13.2 Å². The van der Waals surface area contributed by atoms with E-state index in [0.717, 1.165) is 45.3 Å². The number of ether oxygens (including phenoxy) is 1. The molecule has 1 atom stereocenters. The zero-order chi connectivity index (χ0) is 13.5. The average Bonchev–Trinajstić information content (AvgIpc) is 2.47. The highest BCUT2D eigenvalue weighted by atomic mass is 16.5. The molecule has 1 fully saturated rings. The molecule has 1 heterocycles. The van der Waals surface area contributed by atoms with Crippen molar-refractivity contribution in [3.63, 3.8) is 0 Å². The summed E-state index contributed by atoms with van der Waals surface area (Å²) < 4.78 is 5.37. The molecule has 0 aliphatic carbocycles. The lowest BCUT2D eigenvalue weighted by Crippen LogP contribution is -2.35. The van der Waals surface area contributed by atoms with Crippen LogP contribution in [-0.4, -0.2) is 37.7 Å². The van der Waals surface area contributed by atoms with Crippen LogP contribution in [0.25, 0.3) is 0 Å². The van der Waals surface area contributed by atoms with Crippen LogP contribution in [0.15, 0.2) is 24.3 Å². The van der Waals surface area contributed by atoms with Gasteiger partial charge in [-0.3, -0.25) is 4.90 Å². The molecule has 1 saturated heterocycles. The van der Waals surface area contributed by atoms with Crippen molar-refractivity contribution in [3.05, 3.63) is 29.8 Å². The topological polar surface area (TPSA) is 24.5 Å². The number of rotatable bonds is 6. The first-order valence-electron chi connectivity index (χ1n) is 7.41. The number of benzene rings is 1. The first-order chi connectivity index (χ1) is 9.28. The Kier molecular flexibility index (Phi) is 5.67. The third kappa shape index (κ3) is 4.84. The number of nitrogens with one attached hydrogen (secondary N) is 1. The summed E-state index contributed by atoms with van der Waals surface area (Å²) in [5.41, 5.74) is 2.61. The second-order valence-corrected chi connectivity index (χ2v) is 5.48. The third-order valence-electron chi connectivity index (χ3n) is 3.82. The number of anilines is 1. The Morgan fingerprint density at radius 2 is 1.89 bits per heavy atom. The number of hydrogen-bond acceptors (Lipinski definition) is 3. The van der Waals surface area contributed by atoms with Gasteiger partial charge in [0, 0.05) is 31.9 Å². The summed E-state index contributed by atoms with van der Waals surface area (Å²) in [6.07, 6.45) is 1.22. The molecule has 1 unspecified atom stereocenters. The molecule has 19 heavy (non-hydrogen) atoms. The van der Waals surface area contributed by atoms with Crippen LogP contribution in [0.5, 0.6) is 0 Å². The molecule has 0 amide bonds. The highest BCUT2D eigenvalue weighted by Crippen LogP contribution is 2.13. The molecule has 3 heteroatoms. The minimum atomic E-state index is 0.730. The van der Waals surface area contributed by atoms with Crippen LogP contribution in [0.2, 0.25) is 0 Å². The van der Waals surface area contributed by atoms with Gasteiger partial charge in [0.1, 0.15) is 0 Å². The Labute approximate surface area is 116 Å². The summed E-state index contributed by atoms with van der Waals surface area (Å²) >= 11 is 0. The van der Waals surface area contributed by atoms with Crippen LogP contribution in [0.3, 0.4) is 0 Å². The van der Waals surface area contributed by atoms with Gasteiger partial charge in [-0.15, -0.1) is 0 Å². The smallest absolute Gasteiger partial charge is 0.0594 e. The molecule has 1 aliphatic heterocycles. The highest BCUT2D eigenvalue weighted by Gasteiger charge is 2.10. The quantitative estimate of drug-likeness (QED) is 0.853. The molecule has 0 radical (unpaired) electrons. The van der Waals surface area contributed by atoms with Gasteiger partial charge in [0.15, 0.2) is 0 Å². The summed E-state index contributed by atoms with van der Waals surface area (Å²) in [4.78, 5) is 2.45. The summed E-state index contributed by atoms with van der Waals surface area (Å²) in [6, 6.07) is 8.85. The monoisotopic (exact) mass is 262 g/mol. The highest BCUT2D eigenvalue weighted by molar-refractivity contribution is 5.44. The molecular weight excluding hydrogens is 236 g/mol. The molecule has 3 nitrogen and oxygen atoms in total. The molecule has 0 bridgehead atoms. The molecule has 1 aromatic carbocycles. The fourth-order valence-corrected chi connectivity index (χ4v) is 2.18. The first kappa shape index (κ1) is 14.4. The normalized spacial score (nSPS) is 18.2. The number of nitrogens with zero attached hydrogens (tertiary/aromatic N) is 1. The van der Waals surface area contributed by atoms with Crippen molar-refractivity contribution in [2.45, 2.75) is 26.8 Å². The van der Waals surface area contributed by atoms with Gasteiger partial charge in [-0.2, -0.15) is 0 Å². The summed E-state index contributed by atoms with van der Waals surface area (Å²) in [6.45, 7) is 10.4. The molecule has 0 aromatic heterocycles. The lowest BCUT2D eigenvalue weighted by atomic mass is 10.1. The van der Waals surface area contributed by atoms with E-state index in [4.69, 9.17) is 4.74 Å². The standard InChI is InChI=1S/C16H26N2O/c1-3-14(2)12-17-16-6-4-15(5-7-16)13-18-8-10-19-11-9-18/h4-7,14,17H,3,8-13H2,1-2H3. The fraction of sp³-hybridized carbons (Fsp3) is 0.625. The molecule has 0 saturated carbocycles. The zero-order valence-corrected chi connectivity index (χ0v) is 12.2. The van der Waals surface area contributed by atoms with Crippen molar-refractivity contribution in [3.8, 4) is 0 Å². The Hall–Kier alpha value is -1.06. The van der Waals surface area contributed by atoms with Crippen molar-refractivity contribution in [2.75, 3.05) is 38.2 Å². The molecule has 1 N–H and O–H groups in total. The second-order valence-electron chi connectivity index (χ2n) is 5.48. The van der Waals surface area contributed by atoms with E-state index >= 15 is 0 Å². The Balaban J connectivity index is 1.80. The van der Waals surface area contributed by atoms with Gasteiger partial charge in [-0.25, -0.2) is 0 Å². The van der Waals surface area contributed by atoms with Gasteiger partial charge in [0.25, 0.3) is 0 Å². The molecular formula is C16H26N2O. The first-order valence-corrected chi connectivity index (χ1v) is 7.41. The number of hydrogen-bond donors (Lipinski definition) is 1. The summed E-state index contributed by atoms with van der Waals surface area (Å²) in [5.74, 6) is 0.730. The largest absolute Gasteiger partial charge is 0.385 e. The SMILES string of the molecule is CCC(C)CNc1ccc(CN2CCOCC2)cc1. The van der Waals surface area contributed by atoms with Crippen LogP contribution in [-0.2, 0) is 11.3 Å². The predicted molar refractivity (Wildman–Crippen MR) is 80.5 cm³/mol.